The van der Waals surface area contributed by atoms with E-state index in [4.69, 9.17) is 5.26 Å². The third kappa shape index (κ3) is 2.57. The predicted octanol–water partition coefficient (Wildman–Crippen LogP) is 1.78. The van der Waals surface area contributed by atoms with Crippen molar-refractivity contribution in [2.24, 2.45) is 0 Å². The molecule has 0 spiro atoms. The number of hydrogen-bond acceptors (Lipinski definition) is 3. The van der Waals surface area contributed by atoms with E-state index >= 15 is 0 Å². The second kappa shape index (κ2) is 4.83. The average molecular weight is 290 g/mol. The Bertz CT molecular complexity index is 651. The van der Waals surface area contributed by atoms with Gasteiger partial charge in [0.1, 0.15) is 17.3 Å². The molecule has 19 heavy (non-hydrogen) atoms. The molecule has 0 atom stereocenters. The lowest BCUT2D eigenvalue weighted by molar-refractivity contribution is 0.429. The lowest BCUT2D eigenvalue weighted by Crippen LogP contribution is -2.34. The van der Waals surface area contributed by atoms with Crippen LogP contribution in [0.4, 0.5) is 13.2 Å². The van der Waals surface area contributed by atoms with Crippen molar-refractivity contribution in [1.29, 1.82) is 5.26 Å². The maximum atomic E-state index is 13.5. The van der Waals surface area contributed by atoms with Gasteiger partial charge in [-0.1, -0.05) is 0 Å². The van der Waals surface area contributed by atoms with Crippen molar-refractivity contribution in [2.45, 2.75) is 23.8 Å². The fourth-order valence-electron chi connectivity index (χ4n) is 1.67. The monoisotopic (exact) mass is 290 g/mol. The Kier molecular flexibility index (Phi) is 3.52. The van der Waals surface area contributed by atoms with Gasteiger partial charge in [-0.05, 0) is 18.9 Å². The molecule has 0 N–H and O–H groups in total. The normalized spacial score (nSPS) is 15.5. The molecule has 0 aliphatic heterocycles. The van der Waals surface area contributed by atoms with E-state index in [1.54, 1.807) is 6.07 Å². The van der Waals surface area contributed by atoms with Gasteiger partial charge in [0, 0.05) is 12.1 Å². The Morgan fingerprint density at radius 2 is 1.79 bits per heavy atom. The average Bonchev–Trinajstić information content (AvgIpc) is 3.14. The third-order valence-corrected chi connectivity index (χ3v) is 4.66. The Labute approximate surface area is 108 Å². The molecule has 1 aromatic carbocycles. The topological polar surface area (TPSA) is 61.2 Å². The van der Waals surface area contributed by atoms with E-state index in [1.165, 1.54) is 0 Å². The van der Waals surface area contributed by atoms with Crippen LogP contribution in [-0.4, -0.2) is 25.3 Å². The van der Waals surface area contributed by atoms with Gasteiger partial charge in [-0.2, -0.15) is 9.57 Å². The van der Waals surface area contributed by atoms with Gasteiger partial charge in [0.15, 0.2) is 11.6 Å². The minimum Gasteiger partial charge on any atom is -0.207 e. The van der Waals surface area contributed by atoms with E-state index in [-0.39, 0.29) is 12.1 Å². The molecule has 1 saturated carbocycles. The van der Waals surface area contributed by atoms with Gasteiger partial charge in [-0.15, -0.1) is 0 Å². The van der Waals surface area contributed by atoms with Crippen molar-refractivity contribution in [1.82, 2.24) is 4.31 Å². The van der Waals surface area contributed by atoms with Crippen molar-refractivity contribution in [2.75, 3.05) is 6.54 Å². The van der Waals surface area contributed by atoms with Gasteiger partial charge in [0.25, 0.3) is 0 Å². The van der Waals surface area contributed by atoms with Crippen molar-refractivity contribution < 1.29 is 21.6 Å². The number of rotatable bonds is 4. The number of benzene rings is 1. The summed E-state index contributed by atoms with van der Waals surface area (Å²) in [5, 5.41) is 8.61. The number of hydrogen-bond donors (Lipinski definition) is 0. The second-order valence-electron chi connectivity index (χ2n) is 4.14. The molecular weight excluding hydrogens is 281 g/mol. The van der Waals surface area contributed by atoms with Crippen LogP contribution in [0.2, 0.25) is 0 Å². The van der Waals surface area contributed by atoms with Crippen molar-refractivity contribution in [3.05, 3.63) is 29.6 Å². The molecule has 1 aliphatic carbocycles. The smallest absolute Gasteiger partial charge is 0.207 e. The largest absolute Gasteiger partial charge is 0.247 e. The van der Waals surface area contributed by atoms with Crippen LogP contribution in [0.5, 0.6) is 0 Å². The highest BCUT2D eigenvalue weighted by atomic mass is 32.2. The molecule has 0 aromatic heterocycles. The fraction of sp³-hybridized carbons (Fsp3) is 0.364. The summed E-state index contributed by atoms with van der Waals surface area (Å²) in [6, 6.07) is 1.77. The first-order valence-corrected chi connectivity index (χ1v) is 6.85. The first-order valence-electron chi connectivity index (χ1n) is 5.41. The molecule has 0 radical (unpaired) electrons. The summed E-state index contributed by atoms with van der Waals surface area (Å²) in [4.78, 5) is -0.950. The zero-order valence-corrected chi connectivity index (χ0v) is 10.4. The molecule has 0 unspecified atom stereocenters. The van der Waals surface area contributed by atoms with Crippen LogP contribution in [0, 0.1) is 28.8 Å². The standard InChI is InChI=1S/C11H9F3N2O2S/c12-8-5-10(14)11(6-9(8)13)19(17,18)16(4-3-15)7-1-2-7/h5-7H,1-2,4H2. The number of halogens is 3. The zero-order valence-electron chi connectivity index (χ0n) is 9.61. The zero-order chi connectivity index (χ0) is 14.2. The summed E-state index contributed by atoms with van der Waals surface area (Å²) < 4.78 is 64.4. The van der Waals surface area contributed by atoms with Gasteiger partial charge in [-0.3, -0.25) is 0 Å². The molecule has 8 heteroatoms. The summed E-state index contributed by atoms with van der Waals surface area (Å²) in [6.07, 6.45) is 1.12. The number of nitriles is 1. The molecule has 0 saturated heterocycles. The fourth-order valence-corrected chi connectivity index (χ4v) is 3.31. The Morgan fingerprint density at radius 3 is 2.32 bits per heavy atom. The van der Waals surface area contributed by atoms with Crippen molar-refractivity contribution >= 4 is 10.0 Å². The van der Waals surface area contributed by atoms with Crippen LogP contribution in [0.1, 0.15) is 12.8 Å². The molecule has 102 valence electrons. The van der Waals surface area contributed by atoms with E-state index in [1.807, 2.05) is 0 Å². The maximum absolute atomic E-state index is 13.5. The predicted molar refractivity (Wildman–Crippen MR) is 58.8 cm³/mol. The summed E-state index contributed by atoms with van der Waals surface area (Å²) in [6.45, 7) is -0.453. The minimum atomic E-state index is -4.34. The maximum Gasteiger partial charge on any atom is 0.247 e. The molecule has 1 aromatic rings. The summed E-state index contributed by atoms with van der Waals surface area (Å²) in [7, 11) is -4.34. The Balaban J connectivity index is 2.49. The SMILES string of the molecule is N#CCN(C1CC1)S(=O)(=O)c1cc(F)c(F)cc1F. The number of sulfonamides is 1. The quantitative estimate of drug-likeness (QED) is 0.627. The van der Waals surface area contributed by atoms with E-state index in [0.717, 1.165) is 4.31 Å². The Hall–Kier alpha value is -1.59. The molecule has 2 rings (SSSR count). The highest BCUT2D eigenvalue weighted by molar-refractivity contribution is 7.89. The number of nitrogens with zero attached hydrogens (tertiary/aromatic N) is 2. The van der Waals surface area contributed by atoms with Crippen LogP contribution in [0.15, 0.2) is 17.0 Å². The highest BCUT2D eigenvalue weighted by Gasteiger charge is 2.39. The summed E-state index contributed by atoms with van der Waals surface area (Å²) in [5.74, 6) is -4.29. The van der Waals surface area contributed by atoms with Crippen LogP contribution < -0.4 is 0 Å². The molecule has 0 amide bonds. The van der Waals surface area contributed by atoms with E-state index < -0.39 is 38.9 Å². The molecule has 0 heterocycles. The van der Waals surface area contributed by atoms with E-state index in [9.17, 15) is 21.6 Å². The molecule has 0 bridgehead atoms. The lowest BCUT2D eigenvalue weighted by Gasteiger charge is -2.19. The summed E-state index contributed by atoms with van der Waals surface area (Å²) in [5.41, 5.74) is 0. The van der Waals surface area contributed by atoms with Crippen LogP contribution in [0.3, 0.4) is 0 Å². The van der Waals surface area contributed by atoms with Crippen molar-refractivity contribution in [3.8, 4) is 6.07 Å². The van der Waals surface area contributed by atoms with Crippen molar-refractivity contribution in [3.63, 3.8) is 0 Å². The molecule has 1 aliphatic rings. The summed E-state index contributed by atoms with van der Waals surface area (Å²) >= 11 is 0. The lowest BCUT2D eigenvalue weighted by atomic mass is 10.3. The van der Waals surface area contributed by atoms with Gasteiger partial charge < -0.3 is 0 Å². The molecule has 1 fully saturated rings. The Morgan fingerprint density at radius 1 is 1.21 bits per heavy atom. The molecule has 4 nitrogen and oxygen atoms in total. The van der Waals surface area contributed by atoms with E-state index in [2.05, 4.69) is 0 Å². The second-order valence-corrected chi connectivity index (χ2v) is 6.00. The van der Waals surface area contributed by atoms with Gasteiger partial charge in [-0.25, -0.2) is 21.6 Å². The van der Waals surface area contributed by atoms with Crippen LogP contribution >= 0.6 is 0 Å². The van der Waals surface area contributed by atoms with E-state index in [0.29, 0.717) is 18.9 Å². The minimum absolute atomic E-state index is 0.180. The van der Waals surface area contributed by atoms with Gasteiger partial charge in [0.2, 0.25) is 10.0 Å². The third-order valence-electron chi connectivity index (χ3n) is 2.74. The molecular formula is C11H9F3N2O2S. The van der Waals surface area contributed by atoms with Gasteiger partial charge in [0.05, 0.1) is 6.07 Å². The first-order chi connectivity index (χ1) is 8.87. The highest BCUT2D eigenvalue weighted by Crippen LogP contribution is 2.32. The van der Waals surface area contributed by atoms with Crippen LogP contribution in [-0.2, 0) is 10.0 Å². The van der Waals surface area contributed by atoms with Gasteiger partial charge >= 0.3 is 0 Å². The van der Waals surface area contributed by atoms with Crippen LogP contribution in [0.25, 0.3) is 0 Å². The first kappa shape index (κ1) is 13.8.